The Morgan fingerprint density at radius 1 is 0.913 bits per heavy atom. The van der Waals surface area contributed by atoms with Gasteiger partial charge in [-0.15, -0.1) is 0 Å². The number of aromatic nitrogens is 4. The van der Waals surface area contributed by atoms with Gasteiger partial charge in [0.1, 0.15) is 16.9 Å². The number of anilines is 1. The Labute approximate surface area is 156 Å². The van der Waals surface area contributed by atoms with Gasteiger partial charge in [0.15, 0.2) is 17.0 Å². The van der Waals surface area contributed by atoms with E-state index in [4.69, 9.17) is 28.9 Å². The van der Waals surface area contributed by atoms with Crippen molar-refractivity contribution in [1.29, 1.82) is 0 Å². The summed E-state index contributed by atoms with van der Waals surface area (Å²) < 4.78 is 0. The van der Waals surface area contributed by atoms with E-state index in [1.807, 2.05) is 0 Å². The Morgan fingerprint density at radius 2 is 1.57 bits per heavy atom. The van der Waals surface area contributed by atoms with Gasteiger partial charge in [-0.2, -0.15) is 0 Å². The number of nitrogen functional groups attached to an aromatic ring is 1. The third-order valence-electron chi connectivity index (χ3n) is 3.44. The molecule has 0 saturated carbocycles. The zero-order valence-electron chi connectivity index (χ0n) is 12.5. The van der Waals surface area contributed by atoms with Crippen molar-refractivity contribution in [2.24, 2.45) is 0 Å². The fourth-order valence-corrected chi connectivity index (χ4v) is 2.69. The van der Waals surface area contributed by atoms with Gasteiger partial charge in [0.2, 0.25) is 0 Å². The molecule has 1 aromatic carbocycles. The second-order valence-electron chi connectivity index (χ2n) is 5.10. The van der Waals surface area contributed by atoms with Crippen LogP contribution in [0.4, 0.5) is 5.82 Å². The molecule has 0 aliphatic heterocycles. The third kappa shape index (κ3) is 3.70. The van der Waals surface area contributed by atoms with Gasteiger partial charge >= 0.3 is 0 Å². The van der Waals surface area contributed by atoms with E-state index in [0.29, 0.717) is 43.9 Å². The van der Waals surface area contributed by atoms with E-state index >= 15 is 0 Å². The van der Waals surface area contributed by atoms with Gasteiger partial charge in [0.25, 0.3) is 0 Å². The van der Waals surface area contributed by atoms with Gasteiger partial charge in [-0.3, -0.25) is 0 Å². The van der Waals surface area contributed by atoms with Crippen molar-refractivity contribution in [3.8, 4) is 0 Å². The summed E-state index contributed by atoms with van der Waals surface area (Å²) in [7, 11) is 0. The number of unbranched alkanes of at least 4 members (excludes halogenated alkanes) is 2. The Hall–Kier alpha value is -1.10. The molecule has 3 aromatic rings. The molecule has 2 aromatic heterocycles. The van der Waals surface area contributed by atoms with Crippen LogP contribution in [0.1, 0.15) is 32.0 Å². The first-order valence-corrected chi connectivity index (χ1v) is 7.93. The number of nitrogens with zero attached hydrogens (tertiary/aromatic N) is 4. The van der Waals surface area contributed by atoms with E-state index in [1.165, 1.54) is 0 Å². The van der Waals surface area contributed by atoms with Crippen molar-refractivity contribution in [3.63, 3.8) is 0 Å². The standard InChI is InChI=1S/C15H15Cl2N5.Ru/c1-2-3-4-5-10-19-14(18)13-15(20-10)22-12-9(17)7-6-8(16)11(12)21-13;/h6-7H,2-5H2,1H3,(H2,18,19,20,22);. The van der Waals surface area contributed by atoms with Crippen molar-refractivity contribution in [3.05, 3.63) is 28.0 Å². The van der Waals surface area contributed by atoms with Crippen LogP contribution in [0.3, 0.4) is 0 Å². The summed E-state index contributed by atoms with van der Waals surface area (Å²) in [4.78, 5) is 17.7. The van der Waals surface area contributed by atoms with Crippen LogP contribution in [-0.2, 0) is 25.9 Å². The Kier molecular flexibility index (Phi) is 6.07. The minimum Gasteiger partial charge on any atom is -0.382 e. The van der Waals surface area contributed by atoms with Gasteiger partial charge in [0.05, 0.1) is 10.0 Å². The van der Waals surface area contributed by atoms with E-state index in [1.54, 1.807) is 12.1 Å². The topological polar surface area (TPSA) is 77.6 Å². The third-order valence-corrected chi connectivity index (χ3v) is 4.05. The second kappa shape index (κ2) is 7.65. The second-order valence-corrected chi connectivity index (χ2v) is 5.92. The van der Waals surface area contributed by atoms with Crippen molar-refractivity contribution in [2.45, 2.75) is 32.6 Å². The first kappa shape index (κ1) is 18.2. The summed E-state index contributed by atoms with van der Waals surface area (Å²) in [6.07, 6.45) is 4.07. The average Bonchev–Trinajstić information content (AvgIpc) is 2.50. The van der Waals surface area contributed by atoms with Crippen LogP contribution in [0.2, 0.25) is 10.0 Å². The van der Waals surface area contributed by atoms with E-state index in [0.717, 1.165) is 25.7 Å². The Morgan fingerprint density at radius 3 is 2.22 bits per heavy atom. The fourth-order valence-electron chi connectivity index (χ4n) is 2.30. The van der Waals surface area contributed by atoms with Crippen molar-refractivity contribution in [2.75, 3.05) is 5.73 Å². The van der Waals surface area contributed by atoms with E-state index < -0.39 is 0 Å². The van der Waals surface area contributed by atoms with Gasteiger partial charge in [-0.25, -0.2) is 19.9 Å². The molecule has 0 fully saturated rings. The van der Waals surface area contributed by atoms with Crippen molar-refractivity contribution >= 4 is 51.2 Å². The predicted molar refractivity (Wildman–Crippen MR) is 90.3 cm³/mol. The van der Waals surface area contributed by atoms with Crippen molar-refractivity contribution in [1.82, 2.24) is 19.9 Å². The minimum atomic E-state index is 0. The maximum absolute atomic E-state index is 6.18. The minimum absolute atomic E-state index is 0. The van der Waals surface area contributed by atoms with E-state index in [2.05, 4.69) is 26.9 Å². The molecule has 3 rings (SSSR count). The van der Waals surface area contributed by atoms with Gasteiger partial charge in [-0.05, 0) is 18.6 Å². The molecule has 0 atom stereocenters. The van der Waals surface area contributed by atoms with E-state index in [-0.39, 0.29) is 19.5 Å². The van der Waals surface area contributed by atoms with Crippen LogP contribution < -0.4 is 5.73 Å². The molecular weight excluding hydrogens is 422 g/mol. The smallest absolute Gasteiger partial charge is 0.184 e. The van der Waals surface area contributed by atoms with Crippen LogP contribution >= 0.6 is 23.2 Å². The summed E-state index contributed by atoms with van der Waals surface area (Å²) in [6.45, 7) is 2.15. The number of hydrogen-bond donors (Lipinski definition) is 1. The largest absolute Gasteiger partial charge is 0.382 e. The van der Waals surface area contributed by atoms with Gasteiger partial charge in [-0.1, -0.05) is 43.0 Å². The first-order valence-electron chi connectivity index (χ1n) is 7.18. The number of nitrogens with two attached hydrogens (primary N) is 1. The number of hydrogen-bond acceptors (Lipinski definition) is 5. The molecule has 0 radical (unpaired) electrons. The van der Waals surface area contributed by atoms with Crippen LogP contribution in [0, 0.1) is 0 Å². The number of halogens is 2. The molecule has 0 unspecified atom stereocenters. The normalized spacial score (nSPS) is 10.9. The molecular formula is C15H15Cl2N5Ru. The molecule has 0 saturated heterocycles. The van der Waals surface area contributed by atoms with Crippen LogP contribution in [0.5, 0.6) is 0 Å². The zero-order valence-corrected chi connectivity index (χ0v) is 15.7. The number of aryl methyl sites for hydroxylation is 1. The SMILES string of the molecule is CCCCCc1nc(N)c2nc3c(Cl)ccc(Cl)c3nc2n1.[Ru]. The van der Waals surface area contributed by atoms with Crippen LogP contribution in [0.25, 0.3) is 22.2 Å². The maximum atomic E-state index is 6.18. The maximum Gasteiger partial charge on any atom is 0.184 e. The van der Waals surface area contributed by atoms with Gasteiger partial charge in [0, 0.05) is 25.9 Å². The molecule has 0 aliphatic carbocycles. The number of rotatable bonds is 4. The summed E-state index contributed by atoms with van der Waals surface area (Å²) in [5, 5.41) is 0.957. The molecule has 2 N–H and O–H groups in total. The average molecular weight is 437 g/mol. The van der Waals surface area contributed by atoms with E-state index in [9.17, 15) is 0 Å². The molecule has 0 amide bonds. The summed E-state index contributed by atoms with van der Waals surface area (Å²) in [6, 6.07) is 3.38. The first-order chi connectivity index (χ1) is 10.6. The molecule has 2 heterocycles. The summed E-state index contributed by atoms with van der Waals surface area (Å²) in [5.41, 5.74) is 7.96. The zero-order chi connectivity index (χ0) is 15.7. The molecule has 5 nitrogen and oxygen atoms in total. The molecule has 23 heavy (non-hydrogen) atoms. The summed E-state index contributed by atoms with van der Waals surface area (Å²) in [5.74, 6) is 1.01. The summed E-state index contributed by atoms with van der Waals surface area (Å²) >= 11 is 12.3. The van der Waals surface area contributed by atoms with Crippen LogP contribution in [-0.4, -0.2) is 19.9 Å². The molecule has 0 spiro atoms. The quantitative estimate of drug-likeness (QED) is 0.376. The fraction of sp³-hybridized carbons (Fsp3) is 0.333. The monoisotopic (exact) mass is 437 g/mol. The number of benzene rings is 1. The van der Waals surface area contributed by atoms with Gasteiger partial charge < -0.3 is 5.73 Å². The Balaban J connectivity index is 0.00000192. The molecule has 122 valence electrons. The number of fused-ring (bicyclic) bond motifs is 2. The Bertz CT molecular complexity index is 856. The molecule has 8 heteroatoms. The van der Waals surface area contributed by atoms with Crippen LogP contribution in [0.15, 0.2) is 12.1 Å². The predicted octanol–water partition coefficient (Wildman–Crippen LogP) is 4.19. The molecule has 0 aliphatic rings. The van der Waals surface area contributed by atoms with Crippen molar-refractivity contribution < 1.29 is 19.5 Å². The molecule has 0 bridgehead atoms.